The van der Waals surface area contributed by atoms with Gasteiger partial charge in [0.25, 0.3) is 5.91 Å². The highest BCUT2D eigenvalue weighted by Crippen LogP contribution is 2.20. The zero-order valence-corrected chi connectivity index (χ0v) is 16.8. The molecule has 3 aromatic carbocycles. The van der Waals surface area contributed by atoms with Gasteiger partial charge in [-0.1, -0.05) is 72.8 Å². The Balaban J connectivity index is 1.59. The average molecular weight is 386 g/mol. The van der Waals surface area contributed by atoms with Crippen LogP contribution < -0.4 is 5.43 Å². The monoisotopic (exact) mass is 386 g/mol. The van der Waals surface area contributed by atoms with E-state index in [1.165, 1.54) is 10.6 Å². The Morgan fingerprint density at radius 1 is 0.793 bits per heavy atom. The number of benzene rings is 3. The SMILES string of the molecule is CC(C)N(NC(=O)c1ccccc1)C(=O)CCc1ccc(-c2ccccc2)cc1. The lowest BCUT2D eigenvalue weighted by molar-refractivity contribution is -0.135. The van der Waals surface area contributed by atoms with E-state index in [0.29, 0.717) is 18.4 Å². The molecule has 0 fully saturated rings. The van der Waals surface area contributed by atoms with Gasteiger partial charge in [-0.3, -0.25) is 20.0 Å². The van der Waals surface area contributed by atoms with Crippen molar-refractivity contribution in [3.63, 3.8) is 0 Å². The van der Waals surface area contributed by atoms with Crippen LogP contribution in [0.3, 0.4) is 0 Å². The van der Waals surface area contributed by atoms with Crippen LogP contribution in [0.1, 0.15) is 36.2 Å². The number of hydrogen-bond donors (Lipinski definition) is 1. The van der Waals surface area contributed by atoms with Gasteiger partial charge in [0.15, 0.2) is 0 Å². The van der Waals surface area contributed by atoms with E-state index in [9.17, 15) is 9.59 Å². The predicted octanol–water partition coefficient (Wildman–Crippen LogP) is 4.87. The van der Waals surface area contributed by atoms with Gasteiger partial charge in [0.05, 0.1) is 0 Å². The summed E-state index contributed by atoms with van der Waals surface area (Å²) in [5.41, 5.74) is 6.69. The first-order valence-electron chi connectivity index (χ1n) is 9.87. The standard InChI is InChI=1S/C25H26N2O2/c1-19(2)27(26-25(29)23-11-7-4-8-12-23)24(28)18-15-20-13-16-22(17-14-20)21-9-5-3-6-10-21/h3-14,16-17,19H,15,18H2,1-2H3,(H,26,29). The van der Waals surface area contributed by atoms with Crippen molar-refractivity contribution in [2.75, 3.05) is 0 Å². The lowest BCUT2D eigenvalue weighted by atomic mass is 10.0. The number of aryl methyl sites for hydroxylation is 1. The summed E-state index contributed by atoms with van der Waals surface area (Å²) in [6.45, 7) is 3.77. The van der Waals surface area contributed by atoms with E-state index in [-0.39, 0.29) is 17.9 Å². The number of amides is 2. The molecule has 0 aliphatic heterocycles. The molecule has 0 spiro atoms. The molecule has 3 aromatic rings. The van der Waals surface area contributed by atoms with E-state index in [1.807, 2.05) is 38.1 Å². The number of nitrogens with one attached hydrogen (secondary N) is 1. The first-order valence-corrected chi connectivity index (χ1v) is 9.87. The fourth-order valence-corrected chi connectivity index (χ4v) is 3.11. The Bertz CT molecular complexity index is 936. The van der Waals surface area contributed by atoms with Crippen LogP contribution in [0.25, 0.3) is 11.1 Å². The Labute approximate surface area is 172 Å². The number of nitrogens with zero attached hydrogens (tertiary/aromatic N) is 1. The van der Waals surface area contributed by atoms with Crippen LogP contribution >= 0.6 is 0 Å². The molecule has 0 aliphatic rings. The minimum Gasteiger partial charge on any atom is -0.273 e. The second-order valence-electron chi connectivity index (χ2n) is 7.23. The molecule has 0 saturated heterocycles. The second-order valence-corrected chi connectivity index (χ2v) is 7.23. The van der Waals surface area contributed by atoms with Crippen LogP contribution in [0.15, 0.2) is 84.9 Å². The Hall–Kier alpha value is -3.40. The second kappa shape index (κ2) is 9.69. The number of carbonyl (C=O) groups is 2. The molecule has 3 rings (SSSR count). The lowest BCUT2D eigenvalue weighted by Gasteiger charge is -2.27. The van der Waals surface area contributed by atoms with Crippen molar-refractivity contribution in [2.45, 2.75) is 32.7 Å². The summed E-state index contributed by atoms with van der Waals surface area (Å²) >= 11 is 0. The molecule has 148 valence electrons. The van der Waals surface area contributed by atoms with Gasteiger partial charge in [-0.15, -0.1) is 0 Å². The molecule has 0 unspecified atom stereocenters. The molecule has 0 heterocycles. The fraction of sp³-hybridized carbons (Fsp3) is 0.200. The Morgan fingerprint density at radius 2 is 1.34 bits per heavy atom. The summed E-state index contributed by atoms with van der Waals surface area (Å²) < 4.78 is 0. The Kier molecular flexibility index (Phi) is 6.80. The van der Waals surface area contributed by atoms with Gasteiger partial charge < -0.3 is 0 Å². The minimum atomic E-state index is -0.278. The number of carbonyl (C=O) groups excluding carboxylic acids is 2. The first-order chi connectivity index (χ1) is 14.0. The minimum absolute atomic E-state index is 0.101. The molecule has 0 saturated carbocycles. The highest BCUT2D eigenvalue weighted by Gasteiger charge is 2.20. The Morgan fingerprint density at radius 3 is 1.93 bits per heavy atom. The summed E-state index contributed by atoms with van der Waals surface area (Å²) in [4.78, 5) is 25.1. The van der Waals surface area contributed by atoms with Crippen molar-refractivity contribution in [1.29, 1.82) is 0 Å². The molecule has 1 N–H and O–H groups in total. The van der Waals surface area contributed by atoms with E-state index in [2.05, 4.69) is 41.8 Å². The van der Waals surface area contributed by atoms with Gasteiger partial charge in [-0.05, 0) is 49.1 Å². The molecule has 0 aliphatic carbocycles. The quantitative estimate of drug-likeness (QED) is 0.615. The molecule has 0 aromatic heterocycles. The van der Waals surface area contributed by atoms with E-state index < -0.39 is 0 Å². The van der Waals surface area contributed by atoms with Crippen molar-refractivity contribution < 1.29 is 9.59 Å². The van der Waals surface area contributed by atoms with Gasteiger partial charge in [-0.2, -0.15) is 0 Å². The molecule has 29 heavy (non-hydrogen) atoms. The number of hydrogen-bond acceptors (Lipinski definition) is 2. The maximum Gasteiger partial charge on any atom is 0.269 e. The molecular weight excluding hydrogens is 360 g/mol. The third-order valence-corrected chi connectivity index (χ3v) is 4.73. The highest BCUT2D eigenvalue weighted by molar-refractivity contribution is 5.95. The van der Waals surface area contributed by atoms with Gasteiger partial charge >= 0.3 is 0 Å². The third-order valence-electron chi connectivity index (χ3n) is 4.73. The van der Waals surface area contributed by atoms with Crippen molar-refractivity contribution in [2.24, 2.45) is 0 Å². The van der Waals surface area contributed by atoms with E-state index in [1.54, 1.807) is 24.3 Å². The maximum absolute atomic E-state index is 12.7. The number of rotatable bonds is 6. The van der Waals surface area contributed by atoms with E-state index >= 15 is 0 Å². The summed E-state index contributed by atoms with van der Waals surface area (Å²) in [5.74, 6) is -0.378. The molecule has 4 nitrogen and oxygen atoms in total. The zero-order valence-electron chi connectivity index (χ0n) is 16.8. The van der Waals surface area contributed by atoms with Crippen molar-refractivity contribution in [3.8, 4) is 11.1 Å². The van der Waals surface area contributed by atoms with E-state index in [0.717, 1.165) is 11.1 Å². The first kappa shape index (κ1) is 20.3. The number of hydrazine groups is 1. The van der Waals surface area contributed by atoms with Crippen LogP contribution in [0.4, 0.5) is 0 Å². The summed E-state index contributed by atoms with van der Waals surface area (Å²) in [6, 6.07) is 27.2. The van der Waals surface area contributed by atoms with Crippen LogP contribution in [0.2, 0.25) is 0 Å². The zero-order chi connectivity index (χ0) is 20.6. The molecular formula is C25H26N2O2. The summed E-state index contributed by atoms with van der Waals surface area (Å²) in [6.07, 6.45) is 0.955. The van der Waals surface area contributed by atoms with Gasteiger partial charge in [0, 0.05) is 18.0 Å². The van der Waals surface area contributed by atoms with Crippen molar-refractivity contribution >= 4 is 11.8 Å². The van der Waals surface area contributed by atoms with Gasteiger partial charge in [0.1, 0.15) is 0 Å². The smallest absolute Gasteiger partial charge is 0.269 e. The summed E-state index contributed by atoms with van der Waals surface area (Å²) in [5, 5.41) is 1.42. The average Bonchev–Trinajstić information content (AvgIpc) is 2.77. The van der Waals surface area contributed by atoms with Crippen molar-refractivity contribution in [3.05, 3.63) is 96.1 Å². The molecule has 0 atom stereocenters. The molecule has 0 bridgehead atoms. The lowest BCUT2D eigenvalue weighted by Crippen LogP contribution is -2.50. The third kappa shape index (κ3) is 5.55. The van der Waals surface area contributed by atoms with Gasteiger partial charge in [0.2, 0.25) is 5.91 Å². The van der Waals surface area contributed by atoms with Crippen LogP contribution in [0, 0.1) is 0 Å². The predicted molar refractivity (Wildman–Crippen MR) is 116 cm³/mol. The largest absolute Gasteiger partial charge is 0.273 e. The van der Waals surface area contributed by atoms with Crippen LogP contribution in [-0.4, -0.2) is 22.9 Å². The normalized spacial score (nSPS) is 10.6. The molecule has 2 amide bonds. The van der Waals surface area contributed by atoms with Crippen molar-refractivity contribution in [1.82, 2.24) is 10.4 Å². The van der Waals surface area contributed by atoms with Gasteiger partial charge in [-0.25, -0.2) is 0 Å². The molecule has 4 heteroatoms. The fourth-order valence-electron chi connectivity index (χ4n) is 3.11. The summed E-state index contributed by atoms with van der Waals surface area (Å²) in [7, 11) is 0. The van der Waals surface area contributed by atoms with Crippen LogP contribution in [0.5, 0.6) is 0 Å². The van der Waals surface area contributed by atoms with E-state index in [4.69, 9.17) is 0 Å². The van der Waals surface area contributed by atoms with Crippen LogP contribution in [-0.2, 0) is 11.2 Å². The highest BCUT2D eigenvalue weighted by atomic mass is 16.2. The topological polar surface area (TPSA) is 49.4 Å². The molecule has 0 radical (unpaired) electrons. The maximum atomic E-state index is 12.7.